The number of carbonyl (C=O) groups is 1. The minimum Gasteiger partial charge on any atom is -0.465 e. The van der Waals surface area contributed by atoms with Crippen molar-refractivity contribution in [2.24, 2.45) is 16.3 Å². The van der Waals surface area contributed by atoms with E-state index in [9.17, 15) is 10.1 Å². The van der Waals surface area contributed by atoms with Crippen LogP contribution in [0.15, 0.2) is 45.8 Å². The average Bonchev–Trinajstić information content (AvgIpc) is 3.40. The van der Waals surface area contributed by atoms with Gasteiger partial charge in [-0.2, -0.15) is 5.26 Å². The van der Waals surface area contributed by atoms with Crippen LogP contribution in [0.3, 0.4) is 0 Å². The predicted octanol–water partition coefficient (Wildman–Crippen LogP) is 6.57. The molecule has 1 aromatic carbocycles. The first kappa shape index (κ1) is 22.0. The molecule has 2 heterocycles. The predicted molar refractivity (Wildman–Crippen MR) is 127 cm³/mol. The van der Waals surface area contributed by atoms with Gasteiger partial charge in [-0.25, -0.2) is 9.79 Å². The molecule has 0 saturated carbocycles. The highest BCUT2D eigenvalue weighted by Crippen LogP contribution is 2.44. The molecule has 0 fully saturated rings. The Balaban J connectivity index is 1.57. The highest BCUT2D eigenvalue weighted by molar-refractivity contribution is 7.16. The number of nitriles is 1. The first-order valence-corrected chi connectivity index (χ1v) is 11.5. The molecule has 1 atom stereocenters. The van der Waals surface area contributed by atoms with E-state index in [2.05, 4.69) is 31.8 Å². The van der Waals surface area contributed by atoms with E-state index in [1.807, 2.05) is 18.2 Å². The molecular weight excluding hydrogens is 420 g/mol. The summed E-state index contributed by atoms with van der Waals surface area (Å²) in [5.74, 6) is 1.45. The number of carbonyl (C=O) groups excluding carboxylic acids is 1. The molecule has 0 N–H and O–H groups in total. The van der Waals surface area contributed by atoms with Crippen LogP contribution in [-0.2, 0) is 17.6 Å². The number of fused-ring (bicyclic) bond motifs is 1. The molecule has 3 aromatic rings. The Bertz CT molecular complexity index is 1220. The van der Waals surface area contributed by atoms with Crippen LogP contribution in [0.5, 0.6) is 0 Å². The summed E-state index contributed by atoms with van der Waals surface area (Å²) in [6, 6.07) is 13.1. The molecule has 32 heavy (non-hydrogen) atoms. The van der Waals surface area contributed by atoms with Crippen LogP contribution in [-0.4, -0.2) is 19.3 Å². The van der Waals surface area contributed by atoms with Crippen LogP contribution in [0.25, 0.3) is 11.3 Å². The summed E-state index contributed by atoms with van der Waals surface area (Å²) in [6.07, 6.45) is 4.72. The fraction of sp³-hybridized carbons (Fsp3) is 0.346. The zero-order chi connectivity index (χ0) is 22.9. The van der Waals surface area contributed by atoms with Crippen molar-refractivity contribution in [3.05, 3.63) is 63.7 Å². The van der Waals surface area contributed by atoms with Gasteiger partial charge in [0.1, 0.15) is 22.6 Å². The van der Waals surface area contributed by atoms with Crippen LogP contribution in [0, 0.1) is 22.7 Å². The molecule has 1 aliphatic rings. The summed E-state index contributed by atoms with van der Waals surface area (Å²) >= 11 is 1.62. The van der Waals surface area contributed by atoms with Crippen LogP contribution in [0.2, 0.25) is 0 Å². The summed E-state index contributed by atoms with van der Waals surface area (Å²) in [4.78, 5) is 17.7. The molecule has 0 saturated heterocycles. The van der Waals surface area contributed by atoms with E-state index in [1.165, 1.54) is 17.6 Å². The van der Waals surface area contributed by atoms with Crippen molar-refractivity contribution in [3.63, 3.8) is 0 Å². The second-order valence-electron chi connectivity index (χ2n) is 9.13. The molecule has 0 unspecified atom stereocenters. The summed E-state index contributed by atoms with van der Waals surface area (Å²) in [5.41, 5.74) is 3.38. The second kappa shape index (κ2) is 8.76. The van der Waals surface area contributed by atoms with E-state index < -0.39 is 0 Å². The number of hydrogen-bond acceptors (Lipinski definition) is 6. The summed E-state index contributed by atoms with van der Waals surface area (Å²) < 4.78 is 10.7. The number of thiophene rings is 1. The van der Waals surface area contributed by atoms with Crippen molar-refractivity contribution in [1.82, 2.24) is 0 Å². The topological polar surface area (TPSA) is 75.6 Å². The van der Waals surface area contributed by atoms with Gasteiger partial charge in [-0.1, -0.05) is 32.9 Å². The van der Waals surface area contributed by atoms with Crippen molar-refractivity contribution in [2.75, 3.05) is 7.11 Å². The number of aliphatic imine (C=N–C) groups is 1. The Kier molecular flexibility index (Phi) is 6.03. The molecule has 164 valence electrons. The molecule has 0 aliphatic heterocycles. The standard InChI is InChI=1S/C26H26N2O3S/c1-26(2,3)18-8-10-20-21(14-27)24(32-23(20)13-18)28-15-19-9-11-22(31-19)16-6-5-7-17(12-16)25(29)30-4/h5-7,9,11-12,15,18H,8,10,13H2,1-4H3/t18-/m0/s1. The molecule has 1 aliphatic carbocycles. The van der Waals surface area contributed by atoms with Gasteiger partial charge in [0.2, 0.25) is 0 Å². The number of furan rings is 1. The molecular formula is C26H26N2O3S. The van der Waals surface area contributed by atoms with Crippen molar-refractivity contribution >= 4 is 28.5 Å². The van der Waals surface area contributed by atoms with E-state index in [1.54, 1.807) is 35.8 Å². The monoisotopic (exact) mass is 446 g/mol. The van der Waals surface area contributed by atoms with Crippen molar-refractivity contribution in [1.29, 1.82) is 5.26 Å². The van der Waals surface area contributed by atoms with Crippen molar-refractivity contribution < 1.29 is 13.9 Å². The maximum atomic E-state index is 11.8. The second-order valence-corrected chi connectivity index (χ2v) is 10.2. The van der Waals surface area contributed by atoms with E-state index in [-0.39, 0.29) is 11.4 Å². The molecule has 4 rings (SSSR count). The molecule has 0 bridgehead atoms. The molecule has 0 radical (unpaired) electrons. The highest BCUT2D eigenvalue weighted by Gasteiger charge is 2.32. The van der Waals surface area contributed by atoms with Gasteiger partial charge in [-0.05, 0) is 60.4 Å². The van der Waals surface area contributed by atoms with E-state index in [4.69, 9.17) is 9.15 Å². The Morgan fingerprint density at radius 3 is 2.84 bits per heavy atom. The van der Waals surface area contributed by atoms with Gasteiger partial charge < -0.3 is 9.15 Å². The Hall–Kier alpha value is -3.17. The smallest absolute Gasteiger partial charge is 0.337 e. The zero-order valence-corrected chi connectivity index (χ0v) is 19.6. The normalized spacial score (nSPS) is 16.0. The summed E-state index contributed by atoms with van der Waals surface area (Å²) in [6.45, 7) is 6.86. The number of hydrogen-bond donors (Lipinski definition) is 0. The molecule has 6 heteroatoms. The van der Waals surface area contributed by atoms with Gasteiger partial charge in [0.05, 0.1) is 24.5 Å². The third-order valence-electron chi connectivity index (χ3n) is 6.09. The lowest BCUT2D eigenvalue weighted by molar-refractivity contribution is 0.0601. The number of benzene rings is 1. The van der Waals surface area contributed by atoms with E-state index in [0.717, 1.165) is 29.8 Å². The van der Waals surface area contributed by atoms with E-state index in [0.29, 0.717) is 28.6 Å². The fourth-order valence-corrected chi connectivity index (χ4v) is 5.36. The van der Waals surface area contributed by atoms with Gasteiger partial charge in [0.25, 0.3) is 0 Å². The van der Waals surface area contributed by atoms with Crippen LogP contribution in [0.1, 0.15) is 59.3 Å². The molecule has 5 nitrogen and oxygen atoms in total. The van der Waals surface area contributed by atoms with Crippen LogP contribution in [0.4, 0.5) is 5.00 Å². The zero-order valence-electron chi connectivity index (χ0n) is 18.8. The lowest BCUT2D eigenvalue weighted by Gasteiger charge is -2.33. The summed E-state index contributed by atoms with van der Waals surface area (Å²) in [7, 11) is 1.36. The average molecular weight is 447 g/mol. The first-order valence-electron chi connectivity index (χ1n) is 10.7. The maximum absolute atomic E-state index is 11.8. The van der Waals surface area contributed by atoms with Crippen LogP contribution >= 0.6 is 11.3 Å². The minimum absolute atomic E-state index is 0.258. The lowest BCUT2D eigenvalue weighted by atomic mass is 9.72. The Morgan fingerprint density at radius 2 is 2.12 bits per heavy atom. The van der Waals surface area contributed by atoms with Gasteiger partial charge in [-0.15, -0.1) is 11.3 Å². The molecule has 0 amide bonds. The van der Waals surface area contributed by atoms with Gasteiger partial charge in [0.15, 0.2) is 0 Å². The quantitative estimate of drug-likeness (QED) is 0.336. The fourth-order valence-electron chi connectivity index (χ4n) is 4.13. The lowest BCUT2D eigenvalue weighted by Crippen LogP contribution is -2.26. The first-order chi connectivity index (χ1) is 15.3. The Labute approximate surface area is 192 Å². The SMILES string of the molecule is COC(=O)c1cccc(-c2ccc(C=Nc3sc4c(c3C#N)CC[C@H](C(C)(C)C)C4)o2)c1. The van der Waals surface area contributed by atoms with Gasteiger partial charge in [0, 0.05) is 10.4 Å². The Morgan fingerprint density at radius 1 is 1.31 bits per heavy atom. The number of nitrogens with zero attached hydrogens (tertiary/aromatic N) is 2. The number of ether oxygens (including phenoxy) is 1. The van der Waals surface area contributed by atoms with Gasteiger partial charge in [-0.3, -0.25) is 0 Å². The maximum Gasteiger partial charge on any atom is 0.337 e. The third-order valence-corrected chi connectivity index (χ3v) is 7.25. The highest BCUT2D eigenvalue weighted by atomic mass is 32.1. The molecule has 2 aromatic heterocycles. The van der Waals surface area contributed by atoms with Crippen LogP contribution < -0.4 is 0 Å². The minimum atomic E-state index is -0.389. The largest absolute Gasteiger partial charge is 0.465 e. The van der Waals surface area contributed by atoms with Crippen molar-refractivity contribution in [2.45, 2.75) is 40.0 Å². The summed E-state index contributed by atoms with van der Waals surface area (Å²) in [5, 5.41) is 10.5. The molecule has 0 spiro atoms. The number of rotatable bonds is 4. The van der Waals surface area contributed by atoms with Gasteiger partial charge >= 0.3 is 5.97 Å². The van der Waals surface area contributed by atoms with Crippen molar-refractivity contribution in [3.8, 4) is 17.4 Å². The number of methoxy groups -OCH3 is 1. The van der Waals surface area contributed by atoms with E-state index >= 15 is 0 Å². The third kappa shape index (κ3) is 4.39. The number of esters is 1.